The Bertz CT molecular complexity index is 355. The van der Waals surface area contributed by atoms with Gasteiger partial charge in [0.15, 0.2) is 0 Å². The summed E-state index contributed by atoms with van der Waals surface area (Å²) in [5.41, 5.74) is -0.469. The first-order valence-corrected chi connectivity index (χ1v) is 5.60. The highest BCUT2D eigenvalue weighted by atomic mass is 19.4. The van der Waals surface area contributed by atoms with Gasteiger partial charge in [-0.25, -0.2) is 0 Å². The summed E-state index contributed by atoms with van der Waals surface area (Å²) in [5.74, 6) is 0. The van der Waals surface area contributed by atoms with Gasteiger partial charge in [0.05, 0.1) is 6.20 Å². The van der Waals surface area contributed by atoms with Gasteiger partial charge >= 0.3 is 6.18 Å². The number of aromatic amines is 1. The summed E-state index contributed by atoms with van der Waals surface area (Å²) in [6, 6.07) is 0. The maximum absolute atomic E-state index is 12.6. The molecule has 17 heavy (non-hydrogen) atoms. The van der Waals surface area contributed by atoms with Gasteiger partial charge in [0.2, 0.25) is 0 Å². The van der Waals surface area contributed by atoms with Gasteiger partial charge in [0.25, 0.3) is 0 Å². The molecule has 1 saturated heterocycles. The molecule has 1 aromatic rings. The zero-order chi connectivity index (χ0) is 12.3. The van der Waals surface area contributed by atoms with Crippen molar-refractivity contribution in [2.75, 3.05) is 32.7 Å². The maximum Gasteiger partial charge on any atom is 0.433 e. The number of piperazine rings is 1. The SMILES string of the molecule is FC(F)(F)c1[nH]ncc1CCN1CCNCC1. The molecule has 2 N–H and O–H groups in total. The third kappa shape index (κ3) is 3.19. The van der Waals surface area contributed by atoms with E-state index in [0.29, 0.717) is 13.0 Å². The molecule has 2 rings (SSSR count). The summed E-state index contributed by atoms with van der Waals surface area (Å²) in [7, 11) is 0. The molecule has 0 spiro atoms. The van der Waals surface area contributed by atoms with Gasteiger partial charge in [-0.15, -0.1) is 0 Å². The molecule has 0 unspecified atom stereocenters. The third-order valence-electron chi connectivity index (χ3n) is 2.91. The van der Waals surface area contributed by atoms with Crippen molar-refractivity contribution in [3.63, 3.8) is 0 Å². The molecule has 0 aliphatic carbocycles. The van der Waals surface area contributed by atoms with Crippen molar-refractivity contribution in [1.29, 1.82) is 0 Å². The minimum Gasteiger partial charge on any atom is -0.314 e. The van der Waals surface area contributed by atoms with Gasteiger partial charge in [0, 0.05) is 38.3 Å². The van der Waals surface area contributed by atoms with E-state index in [1.165, 1.54) is 6.20 Å². The van der Waals surface area contributed by atoms with Gasteiger partial charge in [-0.1, -0.05) is 0 Å². The van der Waals surface area contributed by atoms with E-state index >= 15 is 0 Å². The second-order valence-electron chi connectivity index (χ2n) is 4.11. The molecule has 2 heterocycles. The number of aromatic nitrogens is 2. The number of H-pyrrole nitrogens is 1. The second kappa shape index (κ2) is 5.05. The van der Waals surface area contributed by atoms with Gasteiger partial charge < -0.3 is 10.2 Å². The molecule has 0 saturated carbocycles. The number of hydrogen-bond donors (Lipinski definition) is 2. The van der Waals surface area contributed by atoms with Crippen LogP contribution in [0, 0.1) is 0 Å². The molecule has 1 aromatic heterocycles. The lowest BCUT2D eigenvalue weighted by Gasteiger charge is -2.27. The number of rotatable bonds is 3. The van der Waals surface area contributed by atoms with E-state index < -0.39 is 11.9 Å². The number of nitrogens with one attached hydrogen (secondary N) is 2. The lowest BCUT2D eigenvalue weighted by atomic mass is 10.1. The molecule has 4 nitrogen and oxygen atoms in total. The Morgan fingerprint density at radius 2 is 2.00 bits per heavy atom. The highest BCUT2D eigenvalue weighted by Crippen LogP contribution is 2.30. The predicted octanol–water partition coefficient (Wildman–Crippen LogP) is 0.876. The Morgan fingerprint density at radius 3 is 2.65 bits per heavy atom. The van der Waals surface area contributed by atoms with Crippen LogP contribution in [0.4, 0.5) is 13.2 Å². The number of nitrogens with zero attached hydrogens (tertiary/aromatic N) is 2. The number of hydrogen-bond acceptors (Lipinski definition) is 3. The van der Waals surface area contributed by atoms with Crippen LogP contribution in [0.5, 0.6) is 0 Å². The topological polar surface area (TPSA) is 44.0 Å². The number of alkyl halides is 3. The summed E-state index contributed by atoms with van der Waals surface area (Å²) >= 11 is 0. The van der Waals surface area contributed by atoms with Gasteiger partial charge in [-0.05, 0) is 6.42 Å². The van der Waals surface area contributed by atoms with E-state index in [1.807, 2.05) is 5.10 Å². The highest BCUT2D eigenvalue weighted by Gasteiger charge is 2.35. The minimum absolute atomic E-state index is 0.246. The van der Waals surface area contributed by atoms with E-state index in [1.54, 1.807) is 0 Å². The zero-order valence-corrected chi connectivity index (χ0v) is 9.35. The van der Waals surface area contributed by atoms with E-state index in [4.69, 9.17) is 0 Å². The van der Waals surface area contributed by atoms with Crippen LogP contribution < -0.4 is 5.32 Å². The lowest BCUT2D eigenvalue weighted by Crippen LogP contribution is -2.44. The molecule has 0 radical (unpaired) electrons. The molecule has 7 heteroatoms. The van der Waals surface area contributed by atoms with Gasteiger partial charge in [0.1, 0.15) is 5.69 Å². The summed E-state index contributed by atoms with van der Waals surface area (Å²) in [4.78, 5) is 2.16. The van der Waals surface area contributed by atoms with Crippen molar-refractivity contribution in [1.82, 2.24) is 20.4 Å². The zero-order valence-electron chi connectivity index (χ0n) is 9.35. The quantitative estimate of drug-likeness (QED) is 0.834. The van der Waals surface area contributed by atoms with Crippen LogP contribution in [-0.2, 0) is 12.6 Å². The van der Waals surface area contributed by atoms with E-state index in [2.05, 4.69) is 15.3 Å². The molecule has 0 bridgehead atoms. The molecule has 1 fully saturated rings. The van der Waals surface area contributed by atoms with Crippen LogP contribution in [0.15, 0.2) is 6.20 Å². The number of halogens is 3. The van der Waals surface area contributed by atoms with Crippen LogP contribution in [0.1, 0.15) is 11.3 Å². The minimum atomic E-state index is -4.34. The average molecular weight is 248 g/mol. The monoisotopic (exact) mass is 248 g/mol. The van der Waals surface area contributed by atoms with Crippen LogP contribution in [0.2, 0.25) is 0 Å². The van der Waals surface area contributed by atoms with Gasteiger partial charge in [-0.3, -0.25) is 5.10 Å². The van der Waals surface area contributed by atoms with E-state index in [0.717, 1.165) is 26.2 Å². The third-order valence-corrected chi connectivity index (χ3v) is 2.91. The first-order valence-electron chi connectivity index (χ1n) is 5.60. The highest BCUT2D eigenvalue weighted by molar-refractivity contribution is 5.19. The fraction of sp³-hybridized carbons (Fsp3) is 0.700. The Kier molecular flexibility index (Phi) is 3.68. The van der Waals surface area contributed by atoms with E-state index in [9.17, 15) is 13.2 Å². The van der Waals surface area contributed by atoms with Crippen LogP contribution in [0.25, 0.3) is 0 Å². The fourth-order valence-corrected chi connectivity index (χ4v) is 1.96. The van der Waals surface area contributed by atoms with Crippen LogP contribution in [-0.4, -0.2) is 47.8 Å². The first-order chi connectivity index (χ1) is 8.07. The molecule has 96 valence electrons. The second-order valence-corrected chi connectivity index (χ2v) is 4.11. The van der Waals surface area contributed by atoms with Crippen molar-refractivity contribution in [3.05, 3.63) is 17.5 Å². The summed E-state index contributed by atoms with van der Waals surface area (Å²) in [6.07, 6.45) is -2.69. The molecular formula is C10H15F3N4. The Balaban J connectivity index is 1.92. The van der Waals surface area contributed by atoms with Crippen molar-refractivity contribution in [2.45, 2.75) is 12.6 Å². The Labute approximate surface area is 97.2 Å². The van der Waals surface area contributed by atoms with Crippen molar-refractivity contribution >= 4 is 0 Å². The summed E-state index contributed by atoms with van der Waals surface area (Å²) in [5, 5.41) is 8.71. The van der Waals surface area contributed by atoms with Gasteiger partial charge in [-0.2, -0.15) is 18.3 Å². The average Bonchev–Trinajstić information content (AvgIpc) is 2.75. The predicted molar refractivity (Wildman–Crippen MR) is 56.6 cm³/mol. The normalized spacial score (nSPS) is 18.5. The van der Waals surface area contributed by atoms with Crippen molar-refractivity contribution in [3.8, 4) is 0 Å². The standard InChI is InChI=1S/C10H15F3N4/c11-10(12,13)9-8(7-15-16-9)1-4-17-5-2-14-3-6-17/h7,14H,1-6H2,(H,15,16). The molecular weight excluding hydrogens is 233 g/mol. The summed E-state index contributed by atoms with van der Waals surface area (Å²) < 4.78 is 37.7. The van der Waals surface area contributed by atoms with Crippen LogP contribution >= 0.6 is 0 Å². The fourth-order valence-electron chi connectivity index (χ4n) is 1.96. The molecule has 0 aromatic carbocycles. The smallest absolute Gasteiger partial charge is 0.314 e. The summed E-state index contributed by atoms with van der Waals surface area (Å²) in [6.45, 7) is 4.22. The first kappa shape index (κ1) is 12.4. The molecule has 0 amide bonds. The van der Waals surface area contributed by atoms with Crippen LogP contribution in [0.3, 0.4) is 0 Å². The molecule has 0 atom stereocenters. The Hall–Kier alpha value is -1.08. The van der Waals surface area contributed by atoms with Crippen molar-refractivity contribution in [2.24, 2.45) is 0 Å². The maximum atomic E-state index is 12.6. The van der Waals surface area contributed by atoms with Crippen molar-refractivity contribution < 1.29 is 13.2 Å². The van der Waals surface area contributed by atoms with E-state index in [-0.39, 0.29) is 5.56 Å². The largest absolute Gasteiger partial charge is 0.433 e. The molecule has 1 aliphatic heterocycles. The molecule has 1 aliphatic rings. The lowest BCUT2D eigenvalue weighted by molar-refractivity contribution is -0.141. The Morgan fingerprint density at radius 1 is 1.29 bits per heavy atom.